The van der Waals surface area contributed by atoms with Gasteiger partial charge in [0.05, 0.1) is 21.0 Å². The Bertz CT molecular complexity index is 3070. The van der Waals surface area contributed by atoms with E-state index in [2.05, 4.69) is 228 Å². The van der Waals surface area contributed by atoms with Gasteiger partial charge >= 0.3 is 0 Å². The third kappa shape index (κ3) is 5.97. The topological polar surface area (TPSA) is 20.6 Å². The SMILES string of the molecule is CC(C)(C)c1ccc(N2c3ccc(C(C)(C)C)cc3B3c4c2cccc4N(c2ccc(C(C)(C)C)cc2)c2c3n(-c3ccccc3)c3ccc4c(c23)Sc2ccccc2O4)cc1. The number of anilines is 6. The molecule has 6 heteroatoms. The highest BCUT2D eigenvalue weighted by Crippen LogP contribution is 2.55. The minimum absolute atomic E-state index is 0.0177. The molecule has 0 bridgehead atoms. The fourth-order valence-electron chi connectivity index (χ4n) is 9.85. The maximum absolute atomic E-state index is 6.79. The third-order valence-corrected chi connectivity index (χ3v) is 14.3. The monoisotopic (exact) mass is 825 g/mol. The molecule has 11 rings (SSSR count). The summed E-state index contributed by atoms with van der Waals surface area (Å²) in [5.74, 6) is 1.79. The maximum Gasteiger partial charge on any atom is 0.273 e. The van der Waals surface area contributed by atoms with Gasteiger partial charge in [-0.15, -0.1) is 0 Å². The molecular formula is C56H52BN3OS. The number of ether oxygens (including phenoxy) is 1. The van der Waals surface area contributed by atoms with Gasteiger partial charge in [0.2, 0.25) is 0 Å². The molecule has 3 aliphatic rings. The van der Waals surface area contributed by atoms with Gasteiger partial charge < -0.3 is 19.1 Å². The fraction of sp³-hybridized carbons (Fsp3) is 0.214. The van der Waals surface area contributed by atoms with E-state index in [-0.39, 0.29) is 23.0 Å². The second-order valence-electron chi connectivity index (χ2n) is 20.3. The van der Waals surface area contributed by atoms with Crippen molar-refractivity contribution in [3.63, 3.8) is 0 Å². The summed E-state index contributed by atoms with van der Waals surface area (Å²) in [6.45, 7) is 20.6. The van der Waals surface area contributed by atoms with E-state index in [1.165, 1.54) is 61.3 Å². The molecule has 0 aliphatic carbocycles. The van der Waals surface area contributed by atoms with Crippen LogP contribution < -0.4 is 31.1 Å². The first-order valence-electron chi connectivity index (χ1n) is 22.0. The lowest BCUT2D eigenvalue weighted by Gasteiger charge is -2.44. The molecular weight excluding hydrogens is 774 g/mol. The van der Waals surface area contributed by atoms with Crippen molar-refractivity contribution in [3.05, 3.63) is 168 Å². The second-order valence-corrected chi connectivity index (χ2v) is 21.3. The number of rotatable bonds is 3. The van der Waals surface area contributed by atoms with Crippen LogP contribution in [0, 0.1) is 0 Å². The number of para-hydroxylation sites is 2. The van der Waals surface area contributed by atoms with E-state index >= 15 is 0 Å². The molecule has 306 valence electrons. The van der Waals surface area contributed by atoms with Crippen LogP contribution in [0.15, 0.2) is 161 Å². The second kappa shape index (κ2) is 13.7. The first-order valence-corrected chi connectivity index (χ1v) is 22.8. The molecule has 0 saturated carbocycles. The molecule has 62 heavy (non-hydrogen) atoms. The quantitative estimate of drug-likeness (QED) is 0.165. The Labute approximate surface area is 371 Å². The predicted molar refractivity (Wildman–Crippen MR) is 264 cm³/mol. The highest BCUT2D eigenvalue weighted by molar-refractivity contribution is 7.99. The van der Waals surface area contributed by atoms with Gasteiger partial charge in [0.15, 0.2) is 0 Å². The Kier molecular flexibility index (Phi) is 8.57. The van der Waals surface area contributed by atoms with E-state index in [9.17, 15) is 0 Å². The maximum atomic E-state index is 6.79. The average Bonchev–Trinajstić information content (AvgIpc) is 3.60. The lowest BCUT2D eigenvalue weighted by atomic mass is 9.34. The molecule has 0 spiro atoms. The van der Waals surface area contributed by atoms with Crippen molar-refractivity contribution in [3.8, 4) is 17.2 Å². The standard InChI is InChI=1S/C56H52BN3OS/c1-54(2,3)35-22-27-39(28-23-35)58-42-31-26-37(56(7,8)9)34-41(42)57-50-44(58)18-15-19-45(50)59(40-29-24-36(25-30-40)55(4,5)6)51-49-43(60(53(51)57)38-16-11-10-12-17-38)32-33-47-52(49)62-48-21-14-13-20-46(48)61-47/h10-34H,1-9H3. The lowest BCUT2D eigenvalue weighted by Crippen LogP contribution is -2.63. The molecule has 0 radical (unpaired) electrons. The Morgan fingerprint density at radius 1 is 0.484 bits per heavy atom. The van der Waals surface area contributed by atoms with Crippen LogP contribution in [0.3, 0.4) is 0 Å². The molecule has 3 aliphatic heterocycles. The van der Waals surface area contributed by atoms with Crippen molar-refractivity contribution in [1.82, 2.24) is 4.57 Å². The van der Waals surface area contributed by atoms with Gasteiger partial charge in [0, 0.05) is 45.1 Å². The van der Waals surface area contributed by atoms with Crippen molar-refractivity contribution < 1.29 is 4.74 Å². The number of benzene rings is 7. The minimum atomic E-state index is -0.0891. The van der Waals surface area contributed by atoms with E-state index in [0.717, 1.165) is 43.9 Å². The van der Waals surface area contributed by atoms with Gasteiger partial charge in [-0.05, 0) is 123 Å². The van der Waals surface area contributed by atoms with Crippen LogP contribution in [-0.2, 0) is 16.2 Å². The van der Waals surface area contributed by atoms with Gasteiger partial charge in [-0.3, -0.25) is 0 Å². The van der Waals surface area contributed by atoms with E-state index < -0.39 is 0 Å². The zero-order valence-corrected chi connectivity index (χ0v) is 38.0. The largest absolute Gasteiger partial charge is 0.455 e. The zero-order valence-electron chi connectivity index (χ0n) is 37.2. The molecule has 0 saturated heterocycles. The molecule has 1 aromatic heterocycles. The summed E-state index contributed by atoms with van der Waals surface area (Å²) in [6, 6.07) is 56.7. The molecule has 7 aromatic carbocycles. The Morgan fingerprint density at radius 2 is 1.06 bits per heavy atom. The van der Waals surface area contributed by atoms with Crippen LogP contribution >= 0.6 is 11.8 Å². The summed E-state index contributed by atoms with van der Waals surface area (Å²) in [5, 5.41) is 1.20. The predicted octanol–water partition coefficient (Wildman–Crippen LogP) is 13.9. The van der Waals surface area contributed by atoms with Crippen molar-refractivity contribution in [2.75, 3.05) is 9.80 Å². The number of fused-ring (bicyclic) bond motifs is 9. The van der Waals surface area contributed by atoms with Crippen LogP contribution in [0.1, 0.15) is 79.0 Å². The van der Waals surface area contributed by atoms with Crippen molar-refractivity contribution >= 4 is 80.0 Å². The molecule has 0 N–H and O–H groups in total. The first kappa shape index (κ1) is 38.8. The third-order valence-electron chi connectivity index (χ3n) is 13.1. The van der Waals surface area contributed by atoms with Crippen LogP contribution in [0.2, 0.25) is 0 Å². The van der Waals surface area contributed by atoms with Crippen molar-refractivity contribution in [2.45, 2.75) is 88.3 Å². The summed E-state index contributed by atoms with van der Waals surface area (Å²) in [4.78, 5) is 7.36. The Hall–Kier alpha value is -6.11. The normalized spacial score (nSPS) is 14.2. The molecule has 0 amide bonds. The lowest BCUT2D eigenvalue weighted by molar-refractivity contribution is 0.456. The van der Waals surface area contributed by atoms with Gasteiger partial charge in [-0.25, -0.2) is 0 Å². The number of hydrogen-bond donors (Lipinski definition) is 0. The fourth-order valence-corrected chi connectivity index (χ4v) is 10.9. The summed E-state index contributed by atoms with van der Waals surface area (Å²) < 4.78 is 9.35. The van der Waals surface area contributed by atoms with Crippen LogP contribution in [0.5, 0.6) is 11.5 Å². The van der Waals surface area contributed by atoms with Crippen LogP contribution in [-0.4, -0.2) is 11.3 Å². The molecule has 4 heterocycles. The van der Waals surface area contributed by atoms with Crippen LogP contribution in [0.4, 0.5) is 34.1 Å². The molecule has 0 unspecified atom stereocenters. The van der Waals surface area contributed by atoms with Gasteiger partial charge in [-0.2, -0.15) is 0 Å². The first-order chi connectivity index (χ1) is 29.7. The van der Waals surface area contributed by atoms with Crippen LogP contribution in [0.25, 0.3) is 16.6 Å². The number of nitrogens with zero attached hydrogens (tertiary/aromatic N) is 3. The summed E-state index contributed by atoms with van der Waals surface area (Å²) in [5.41, 5.74) is 17.2. The van der Waals surface area contributed by atoms with Crippen molar-refractivity contribution in [2.24, 2.45) is 0 Å². The highest BCUT2D eigenvalue weighted by Gasteiger charge is 2.47. The van der Waals surface area contributed by atoms with E-state index in [1.807, 2.05) is 11.8 Å². The van der Waals surface area contributed by atoms with Gasteiger partial charge in [-0.1, -0.05) is 147 Å². The molecule has 4 nitrogen and oxygen atoms in total. The molecule has 0 fully saturated rings. The summed E-state index contributed by atoms with van der Waals surface area (Å²) in [7, 11) is 0. The Balaban J connectivity index is 1.28. The average molecular weight is 826 g/mol. The van der Waals surface area contributed by atoms with E-state index in [4.69, 9.17) is 4.74 Å². The molecule has 0 atom stereocenters. The Morgan fingerprint density at radius 3 is 1.71 bits per heavy atom. The smallest absolute Gasteiger partial charge is 0.273 e. The van der Waals surface area contributed by atoms with Gasteiger partial charge in [0.1, 0.15) is 11.5 Å². The van der Waals surface area contributed by atoms with E-state index in [0.29, 0.717) is 0 Å². The zero-order chi connectivity index (χ0) is 42.9. The summed E-state index contributed by atoms with van der Waals surface area (Å²) in [6.07, 6.45) is 0. The molecule has 8 aromatic rings. The van der Waals surface area contributed by atoms with Crippen molar-refractivity contribution in [1.29, 1.82) is 0 Å². The van der Waals surface area contributed by atoms with E-state index in [1.54, 1.807) is 0 Å². The summed E-state index contributed by atoms with van der Waals surface area (Å²) >= 11 is 1.82. The number of aromatic nitrogens is 1. The highest BCUT2D eigenvalue weighted by atomic mass is 32.2. The van der Waals surface area contributed by atoms with Gasteiger partial charge in [0.25, 0.3) is 6.71 Å². The number of hydrogen-bond acceptors (Lipinski definition) is 4. The minimum Gasteiger partial charge on any atom is -0.455 e.